The lowest BCUT2D eigenvalue weighted by Gasteiger charge is -2.28. The molecule has 2 heterocycles. The van der Waals surface area contributed by atoms with Gasteiger partial charge in [0.1, 0.15) is 11.1 Å². The van der Waals surface area contributed by atoms with Gasteiger partial charge in [0.15, 0.2) is 0 Å². The molecule has 1 saturated heterocycles. The first-order valence-electron chi connectivity index (χ1n) is 8.80. The van der Waals surface area contributed by atoms with E-state index in [2.05, 4.69) is 21.3 Å². The number of ether oxygens (including phenoxy) is 1. The van der Waals surface area contributed by atoms with Crippen LogP contribution in [0.5, 0.6) is 0 Å². The van der Waals surface area contributed by atoms with E-state index >= 15 is 0 Å². The van der Waals surface area contributed by atoms with Gasteiger partial charge in [-0.1, -0.05) is 11.8 Å². The molecule has 0 unspecified atom stereocenters. The summed E-state index contributed by atoms with van der Waals surface area (Å²) >= 11 is 1.29. The number of nitriles is 1. The molecule has 0 spiro atoms. The number of pyridine rings is 1. The predicted octanol–water partition coefficient (Wildman–Crippen LogP) is 3.14. The molecule has 27 heavy (non-hydrogen) atoms. The molecule has 140 valence electrons. The van der Waals surface area contributed by atoms with Crippen LogP contribution in [-0.4, -0.2) is 42.9 Å². The maximum absolute atomic E-state index is 12.3. The van der Waals surface area contributed by atoms with E-state index in [-0.39, 0.29) is 11.7 Å². The number of hydrogen-bond acceptors (Lipinski definition) is 6. The van der Waals surface area contributed by atoms with Crippen LogP contribution in [0.15, 0.2) is 35.4 Å². The molecule has 1 amide bonds. The van der Waals surface area contributed by atoms with Gasteiger partial charge in [-0.25, -0.2) is 4.98 Å². The van der Waals surface area contributed by atoms with Gasteiger partial charge in [0, 0.05) is 30.2 Å². The van der Waals surface area contributed by atoms with Crippen LogP contribution < -0.4 is 10.2 Å². The fourth-order valence-corrected chi connectivity index (χ4v) is 3.85. The van der Waals surface area contributed by atoms with Crippen molar-refractivity contribution in [3.8, 4) is 6.07 Å². The second-order valence-corrected chi connectivity index (χ2v) is 7.32. The number of amides is 1. The molecule has 0 saturated carbocycles. The van der Waals surface area contributed by atoms with E-state index in [0.717, 1.165) is 48.9 Å². The fourth-order valence-electron chi connectivity index (χ4n) is 2.95. The second-order valence-electron chi connectivity index (χ2n) is 6.36. The van der Waals surface area contributed by atoms with Crippen molar-refractivity contribution in [2.75, 3.05) is 42.3 Å². The van der Waals surface area contributed by atoms with E-state index in [9.17, 15) is 10.1 Å². The highest BCUT2D eigenvalue weighted by Gasteiger charge is 2.13. The Hall–Kier alpha value is -2.56. The van der Waals surface area contributed by atoms with Gasteiger partial charge >= 0.3 is 0 Å². The number of aryl methyl sites for hydroxylation is 2. The van der Waals surface area contributed by atoms with Crippen molar-refractivity contribution in [3.05, 3.63) is 47.2 Å². The van der Waals surface area contributed by atoms with Crippen molar-refractivity contribution in [1.82, 2.24) is 4.98 Å². The molecular formula is C20H22N4O2S. The maximum atomic E-state index is 12.3. The van der Waals surface area contributed by atoms with Crippen LogP contribution >= 0.6 is 11.8 Å². The van der Waals surface area contributed by atoms with Crippen molar-refractivity contribution in [2.24, 2.45) is 0 Å². The topological polar surface area (TPSA) is 78.2 Å². The molecule has 0 radical (unpaired) electrons. The third-order valence-corrected chi connectivity index (χ3v) is 5.27. The standard InChI is InChI=1S/C20H22N4O2S/c1-14-11-15(2)22-20(18(14)12-21)27-13-19(25)23-16-3-5-17(6-4-16)24-7-9-26-10-8-24/h3-6,11H,7-10,13H2,1-2H3,(H,23,25). The Morgan fingerprint density at radius 1 is 1.30 bits per heavy atom. The van der Waals surface area contributed by atoms with Crippen molar-refractivity contribution in [2.45, 2.75) is 18.9 Å². The molecule has 0 bridgehead atoms. The molecule has 2 aromatic rings. The first-order valence-corrected chi connectivity index (χ1v) is 9.79. The Labute approximate surface area is 163 Å². The van der Waals surface area contributed by atoms with Crippen LogP contribution in [0.4, 0.5) is 11.4 Å². The van der Waals surface area contributed by atoms with Crippen LogP contribution in [0.25, 0.3) is 0 Å². The maximum Gasteiger partial charge on any atom is 0.234 e. The fraction of sp³-hybridized carbons (Fsp3) is 0.350. The van der Waals surface area contributed by atoms with E-state index in [1.54, 1.807) is 0 Å². The summed E-state index contributed by atoms with van der Waals surface area (Å²) in [5.74, 6) is 0.0828. The third-order valence-electron chi connectivity index (χ3n) is 4.29. The third kappa shape index (κ3) is 5.00. The van der Waals surface area contributed by atoms with E-state index in [0.29, 0.717) is 10.6 Å². The number of benzene rings is 1. The van der Waals surface area contributed by atoms with Crippen LogP contribution in [0.1, 0.15) is 16.8 Å². The van der Waals surface area contributed by atoms with Crippen molar-refractivity contribution >= 4 is 29.0 Å². The smallest absolute Gasteiger partial charge is 0.234 e. The zero-order chi connectivity index (χ0) is 19.2. The highest BCUT2D eigenvalue weighted by molar-refractivity contribution is 8.00. The molecule has 0 atom stereocenters. The van der Waals surface area contributed by atoms with Crippen molar-refractivity contribution in [3.63, 3.8) is 0 Å². The first kappa shape index (κ1) is 19.2. The Morgan fingerprint density at radius 3 is 2.67 bits per heavy atom. The lowest BCUT2D eigenvalue weighted by atomic mass is 10.1. The van der Waals surface area contributed by atoms with Gasteiger partial charge in [0.2, 0.25) is 5.91 Å². The number of hydrogen-bond donors (Lipinski definition) is 1. The molecule has 0 aliphatic carbocycles. The minimum absolute atomic E-state index is 0.121. The highest BCUT2D eigenvalue weighted by Crippen LogP contribution is 2.24. The van der Waals surface area contributed by atoms with E-state index < -0.39 is 0 Å². The quantitative estimate of drug-likeness (QED) is 0.801. The largest absolute Gasteiger partial charge is 0.378 e. The van der Waals surface area contributed by atoms with E-state index in [1.807, 2.05) is 44.2 Å². The number of rotatable bonds is 5. The summed E-state index contributed by atoms with van der Waals surface area (Å²) in [6.45, 7) is 7.01. The lowest BCUT2D eigenvalue weighted by Crippen LogP contribution is -2.36. The Kier molecular flexibility index (Phi) is 6.32. The van der Waals surface area contributed by atoms with Crippen LogP contribution in [-0.2, 0) is 9.53 Å². The minimum Gasteiger partial charge on any atom is -0.378 e. The van der Waals surface area contributed by atoms with Gasteiger partial charge in [-0.2, -0.15) is 5.26 Å². The zero-order valence-corrected chi connectivity index (χ0v) is 16.3. The number of morpholine rings is 1. The van der Waals surface area contributed by atoms with Gasteiger partial charge in [-0.05, 0) is 49.7 Å². The van der Waals surface area contributed by atoms with Crippen molar-refractivity contribution < 1.29 is 9.53 Å². The summed E-state index contributed by atoms with van der Waals surface area (Å²) in [5, 5.41) is 12.8. The van der Waals surface area contributed by atoms with Gasteiger partial charge < -0.3 is 15.0 Å². The average Bonchev–Trinajstić information content (AvgIpc) is 2.67. The number of thioether (sulfide) groups is 1. The monoisotopic (exact) mass is 382 g/mol. The normalized spacial score (nSPS) is 13.9. The molecule has 1 fully saturated rings. The van der Waals surface area contributed by atoms with Crippen LogP contribution in [0.2, 0.25) is 0 Å². The lowest BCUT2D eigenvalue weighted by molar-refractivity contribution is -0.113. The number of carbonyl (C=O) groups excluding carboxylic acids is 1. The van der Waals surface area contributed by atoms with E-state index in [1.165, 1.54) is 11.8 Å². The molecule has 7 heteroatoms. The summed E-state index contributed by atoms with van der Waals surface area (Å²) in [5.41, 5.74) is 4.14. The Balaban J connectivity index is 1.57. The molecule has 1 N–H and O–H groups in total. The van der Waals surface area contributed by atoms with Gasteiger partial charge in [0.05, 0.1) is 24.5 Å². The molecule has 6 nitrogen and oxygen atoms in total. The molecule has 1 aliphatic rings. The highest BCUT2D eigenvalue weighted by atomic mass is 32.2. The van der Waals surface area contributed by atoms with Crippen LogP contribution in [0, 0.1) is 25.2 Å². The summed E-state index contributed by atoms with van der Waals surface area (Å²) in [7, 11) is 0. The summed E-state index contributed by atoms with van der Waals surface area (Å²) in [6, 6.07) is 11.9. The Bertz CT molecular complexity index is 856. The van der Waals surface area contributed by atoms with Gasteiger partial charge in [-0.3, -0.25) is 4.79 Å². The summed E-state index contributed by atoms with van der Waals surface area (Å²) in [6.07, 6.45) is 0. The Morgan fingerprint density at radius 2 is 2.00 bits per heavy atom. The molecule has 1 aromatic carbocycles. The number of nitrogens with zero attached hydrogens (tertiary/aromatic N) is 3. The molecule has 3 rings (SSSR count). The van der Waals surface area contributed by atoms with Crippen molar-refractivity contribution in [1.29, 1.82) is 5.26 Å². The van der Waals surface area contributed by atoms with Crippen LogP contribution in [0.3, 0.4) is 0 Å². The first-order chi connectivity index (χ1) is 13.1. The number of nitrogens with one attached hydrogen (secondary N) is 1. The summed E-state index contributed by atoms with van der Waals surface area (Å²) in [4.78, 5) is 18.9. The van der Waals surface area contributed by atoms with Gasteiger partial charge in [0.25, 0.3) is 0 Å². The number of aromatic nitrogens is 1. The SMILES string of the molecule is Cc1cc(C)c(C#N)c(SCC(=O)Nc2ccc(N3CCOCC3)cc2)n1. The number of anilines is 2. The predicted molar refractivity (Wildman–Crippen MR) is 107 cm³/mol. The minimum atomic E-state index is -0.121. The van der Waals surface area contributed by atoms with E-state index in [4.69, 9.17) is 4.74 Å². The number of carbonyl (C=O) groups is 1. The molecular weight excluding hydrogens is 360 g/mol. The summed E-state index contributed by atoms with van der Waals surface area (Å²) < 4.78 is 5.37. The zero-order valence-electron chi connectivity index (χ0n) is 15.5. The second kappa shape index (κ2) is 8.89. The average molecular weight is 382 g/mol. The molecule has 1 aromatic heterocycles. The van der Waals surface area contributed by atoms with Gasteiger partial charge in [-0.15, -0.1) is 0 Å². The molecule has 1 aliphatic heterocycles.